The third-order valence-corrected chi connectivity index (χ3v) is 5.52. The molecule has 0 fully saturated rings. The van der Waals surface area contributed by atoms with E-state index in [1.165, 1.54) is 21.8 Å². The van der Waals surface area contributed by atoms with Gasteiger partial charge in [-0.05, 0) is 36.1 Å². The van der Waals surface area contributed by atoms with Crippen molar-refractivity contribution < 1.29 is 4.79 Å². The van der Waals surface area contributed by atoms with Gasteiger partial charge in [0.2, 0.25) is 0 Å². The third-order valence-electron chi connectivity index (χ3n) is 4.42. The normalized spacial score (nSPS) is 13.3. The van der Waals surface area contributed by atoms with Gasteiger partial charge in [-0.3, -0.25) is 9.78 Å². The maximum absolute atomic E-state index is 12.5. The van der Waals surface area contributed by atoms with Gasteiger partial charge in [-0.2, -0.15) is 0 Å². The quantitative estimate of drug-likeness (QED) is 0.754. The number of benzene rings is 1. The molecule has 0 spiro atoms. The number of pyridine rings is 1. The molecule has 0 aliphatic carbocycles. The standard InChI is InChI=1S/C20H20N4OS/c25-19(22-13-15-8-10-21-11-9-15)20-23-18-17(26-20)7-4-12-24(18)14-16-5-2-1-3-6-16/h1-3,5-6,8-11H,4,7,12-14H2,(H,22,25). The number of thiazole rings is 1. The molecule has 1 aromatic carbocycles. The Balaban J connectivity index is 1.47. The lowest BCUT2D eigenvalue weighted by molar-refractivity contribution is 0.0950. The zero-order valence-corrected chi connectivity index (χ0v) is 15.2. The largest absolute Gasteiger partial charge is 0.351 e. The molecule has 0 saturated carbocycles. The molecule has 6 heteroatoms. The second-order valence-corrected chi connectivity index (χ2v) is 7.40. The average Bonchev–Trinajstić information content (AvgIpc) is 3.13. The number of hydrogen-bond donors (Lipinski definition) is 1. The molecule has 0 atom stereocenters. The van der Waals surface area contributed by atoms with Crippen molar-refractivity contribution in [1.82, 2.24) is 15.3 Å². The van der Waals surface area contributed by atoms with Crippen molar-refractivity contribution in [2.75, 3.05) is 11.4 Å². The van der Waals surface area contributed by atoms with Gasteiger partial charge < -0.3 is 10.2 Å². The monoisotopic (exact) mass is 364 g/mol. The Labute approximate surface area is 156 Å². The van der Waals surface area contributed by atoms with E-state index < -0.39 is 0 Å². The highest BCUT2D eigenvalue weighted by Crippen LogP contribution is 2.32. The lowest BCUT2D eigenvalue weighted by Crippen LogP contribution is -2.28. The summed E-state index contributed by atoms with van der Waals surface area (Å²) in [6.45, 7) is 2.29. The van der Waals surface area contributed by atoms with Gasteiger partial charge in [-0.1, -0.05) is 30.3 Å². The molecule has 1 N–H and O–H groups in total. The number of aryl methyl sites for hydroxylation is 1. The SMILES string of the molecule is O=C(NCc1ccncc1)c1nc2c(s1)CCCN2Cc1ccccc1. The number of anilines is 1. The van der Waals surface area contributed by atoms with E-state index in [0.717, 1.165) is 37.3 Å². The van der Waals surface area contributed by atoms with E-state index in [-0.39, 0.29) is 5.91 Å². The summed E-state index contributed by atoms with van der Waals surface area (Å²) >= 11 is 1.52. The Hall–Kier alpha value is -2.73. The Morgan fingerprint density at radius 3 is 2.73 bits per heavy atom. The summed E-state index contributed by atoms with van der Waals surface area (Å²) in [5, 5.41) is 3.50. The van der Waals surface area contributed by atoms with Crippen LogP contribution in [0.5, 0.6) is 0 Å². The number of nitrogens with zero attached hydrogens (tertiary/aromatic N) is 3. The Kier molecular flexibility index (Phi) is 4.93. The number of rotatable bonds is 5. The number of fused-ring (bicyclic) bond motifs is 1. The highest BCUT2D eigenvalue weighted by molar-refractivity contribution is 7.14. The molecule has 2 aromatic heterocycles. The average molecular weight is 364 g/mol. The molecule has 0 unspecified atom stereocenters. The highest BCUT2D eigenvalue weighted by atomic mass is 32.1. The van der Waals surface area contributed by atoms with Crippen LogP contribution in [-0.4, -0.2) is 22.4 Å². The van der Waals surface area contributed by atoms with Crippen molar-refractivity contribution in [3.05, 3.63) is 75.9 Å². The molecule has 1 aliphatic rings. The maximum Gasteiger partial charge on any atom is 0.280 e. The number of nitrogens with one attached hydrogen (secondary N) is 1. The van der Waals surface area contributed by atoms with Crippen molar-refractivity contribution in [1.29, 1.82) is 0 Å². The van der Waals surface area contributed by atoms with Crippen LogP contribution in [0, 0.1) is 0 Å². The first-order valence-electron chi connectivity index (χ1n) is 8.75. The lowest BCUT2D eigenvalue weighted by atomic mass is 10.1. The number of carbonyl (C=O) groups is 1. The molecule has 1 aliphatic heterocycles. The molecule has 5 nitrogen and oxygen atoms in total. The zero-order valence-electron chi connectivity index (χ0n) is 14.4. The first-order valence-corrected chi connectivity index (χ1v) is 9.57. The van der Waals surface area contributed by atoms with Crippen LogP contribution in [-0.2, 0) is 19.5 Å². The predicted octanol–water partition coefficient (Wildman–Crippen LogP) is 3.42. The molecular formula is C20H20N4OS. The molecule has 3 heterocycles. The van der Waals surface area contributed by atoms with E-state index in [1.54, 1.807) is 12.4 Å². The molecule has 1 amide bonds. The highest BCUT2D eigenvalue weighted by Gasteiger charge is 2.24. The van der Waals surface area contributed by atoms with Crippen LogP contribution in [0.15, 0.2) is 54.9 Å². The van der Waals surface area contributed by atoms with Gasteiger partial charge in [0.1, 0.15) is 5.82 Å². The maximum atomic E-state index is 12.5. The molecule has 26 heavy (non-hydrogen) atoms. The van der Waals surface area contributed by atoms with Crippen LogP contribution >= 0.6 is 11.3 Å². The van der Waals surface area contributed by atoms with Gasteiger partial charge in [0.15, 0.2) is 5.01 Å². The van der Waals surface area contributed by atoms with Crippen LogP contribution in [0.4, 0.5) is 5.82 Å². The summed E-state index contributed by atoms with van der Waals surface area (Å²) in [6.07, 6.45) is 5.55. The Morgan fingerprint density at radius 2 is 1.92 bits per heavy atom. The summed E-state index contributed by atoms with van der Waals surface area (Å²) in [4.78, 5) is 24.6. The van der Waals surface area contributed by atoms with E-state index in [0.29, 0.717) is 11.6 Å². The topological polar surface area (TPSA) is 58.1 Å². The van der Waals surface area contributed by atoms with Crippen molar-refractivity contribution in [3.63, 3.8) is 0 Å². The number of hydrogen-bond acceptors (Lipinski definition) is 5. The van der Waals surface area contributed by atoms with Crippen molar-refractivity contribution in [2.24, 2.45) is 0 Å². The van der Waals surface area contributed by atoms with E-state index >= 15 is 0 Å². The molecule has 4 rings (SSSR count). The van der Waals surface area contributed by atoms with E-state index in [2.05, 4.69) is 44.5 Å². The van der Waals surface area contributed by atoms with Gasteiger partial charge in [0.25, 0.3) is 5.91 Å². The number of carbonyl (C=O) groups excluding carboxylic acids is 1. The minimum atomic E-state index is -0.110. The van der Waals surface area contributed by atoms with Crippen LogP contribution in [0.1, 0.15) is 32.2 Å². The second kappa shape index (κ2) is 7.66. The summed E-state index contributed by atoms with van der Waals surface area (Å²) < 4.78 is 0. The van der Waals surface area contributed by atoms with E-state index in [1.807, 2.05) is 18.2 Å². The zero-order chi connectivity index (χ0) is 17.8. The fourth-order valence-electron chi connectivity index (χ4n) is 3.10. The van der Waals surface area contributed by atoms with E-state index in [4.69, 9.17) is 0 Å². The van der Waals surface area contributed by atoms with Crippen LogP contribution in [0.3, 0.4) is 0 Å². The summed E-state index contributed by atoms with van der Waals surface area (Å²) in [7, 11) is 0. The first-order chi connectivity index (χ1) is 12.8. The molecule has 0 saturated heterocycles. The molecule has 0 bridgehead atoms. The molecule has 3 aromatic rings. The van der Waals surface area contributed by atoms with Crippen molar-refractivity contribution >= 4 is 23.1 Å². The van der Waals surface area contributed by atoms with Gasteiger partial charge in [-0.25, -0.2) is 4.98 Å². The van der Waals surface area contributed by atoms with Gasteiger partial charge in [0.05, 0.1) is 0 Å². The Morgan fingerprint density at radius 1 is 1.12 bits per heavy atom. The summed E-state index contributed by atoms with van der Waals surface area (Å²) in [5.41, 5.74) is 2.29. The molecule has 132 valence electrons. The Bertz CT molecular complexity index is 879. The number of amides is 1. The van der Waals surface area contributed by atoms with Crippen LogP contribution in [0.25, 0.3) is 0 Å². The molecular weight excluding hydrogens is 344 g/mol. The smallest absolute Gasteiger partial charge is 0.280 e. The second-order valence-electron chi connectivity index (χ2n) is 6.31. The fourth-order valence-corrected chi connectivity index (χ4v) is 4.15. The van der Waals surface area contributed by atoms with Crippen molar-refractivity contribution in [3.8, 4) is 0 Å². The summed E-state index contributed by atoms with van der Waals surface area (Å²) in [6, 6.07) is 14.2. The third kappa shape index (κ3) is 3.75. The van der Waals surface area contributed by atoms with Gasteiger partial charge in [-0.15, -0.1) is 11.3 Å². The van der Waals surface area contributed by atoms with E-state index in [9.17, 15) is 4.79 Å². The van der Waals surface area contributed by atoms with Gasteiger partial charge >= 0.3 is 0 Å². The number of aromatic nitrogens is 2. The molecule has 0 radical (unpaired) electrons. The first kappa shape index (κ1) is 16.7. The van der Waals surface area contributed by atoms with Crippen molar-refractivity contribution in [2.45, 2.75) is 25.9 Å². The lowest BCUT2D eigenvalue weighted by Gasteiger charge is -2.27. The van der Waals surface area contributed by atoms with Crippen LogP contribution < -0.4 is 10.2 Å². The minimum Gasteiger partial charge on any atom is -0.351 e. The minimum absolute atomic E-state index is 0.110. The summed E-state index contributed by atoms with van der Waals surface area (Å²) in [5.74, 6) is 0.861. The van der Waals surface area contributed by atoms with Gasteiger partial charge in [0, 0.05) is 36.9 Å². The fraction of sp³-hybridized carbons (Fsp3) is 0.250. The van der Waals surface area contributed by atoms with Crippen LogP contribution in [0.2, 0.25) is 0 Å². The predicted molar refractivity (Wildman–Crippen MR) is 103 cm³/mol.